The zero-order valence-corrected chi connectivity index (χ0v) is 13.1. The van der Waals surface area contributed by atoms with Gasteiger partial charge in [0.05, 0.1) is 12.3 Å². The maximum absolute atomic E-state index is 5.99. The highest BCUT2D eigenvalue weighted by Gasteiger charge is 2.20. The van der Waals surface area contributed by atoms with Crippen LogP contribution in [0.5, 0.6) is 5.75 Å². The first-order valence-corrected chi connectivity index (χ1v) is 7.72. The number of rotatable bonds is 1. The van der Waals surface area contributed by atoms with E-state index in [-0.39, 0.29) is 0 Å². The molecule has 110 valence electrons. The number of hydrogen-bond donors (Lipinski definition) is 0. The van der Waals surface area contributed by atoms with Crippen molar-refractivity contribution in [2.75, 3.05) is 6.61 Å². The van der Waals surface area contributed by atoms with Crippen LogP contribution in [-0.4, -0.2) is 21.0 Å². The first-order valence-electron chi connectivity index (χ1n) is 6.93. The summed E-state index contributed by atoms with van der Waals surface area (Å²) in [5, 5.41) is 0.689. The Hall–Kier alpha value is -2.11. The van der Waals surface area contributed by atoms with E-state index in [9.17, 15) is 0 Å². The second-order valence-corrected chi connectivity index (χ2v) is 5.78. The van der Waals surface area contributed by atoms with E-state index >= 15 is 0 Å². The molecule has 2 aromatic carbocycles. The van der Waals surface area contributed by atoms with Gasteiger partial charge in [-0.1, -0.05) is 23.7 Å². The molecule has 1 aliphatic heterocycles. The Kier molecular flexibility index (Phi) is 3.24. The Morgan fingerprint density at radius 1 is 1.05 bits per heavy atom. The van der Waals surface area contributed by atoms with Crippen LogP contribution in [0.15, 0.2) is 48.5 Å². The number of halogens is 1. The maximum Gasteiger partial charge on any atom is 0.221 e. The van der Waals surface area contributed by atoms with Crippen LogP contribution in [0.2, 0.25) is 5.02 Å². The topological polar surface area (TPSA) is 32.0 Å². The molecule has 0 atom stereocenters. The van der Waals surface area contributed by atoms with E-state index in [1.54, 1.807) is 0 Å². The summed E-state index contributed by atoms with van der Waals surface area (Å²) >= 11 is 11.5. The molecule has 22 heavy (non-hydrogen) atoms. The number of benzene rings is 2. The molecule has 4 rings (SSSR count). The molecule has 0 radical (unpaired) electrons. The van der Waals surface area contributed by atoms with Crippen molar-refractivity contribution in [3.05, 3.63) is 64.1 Å². The molecule has 0 spiro atoms. The van der Waals surface area contributed by atoms with Crippen LogP contribution in [0, 0.1) is 4.77 Å². The van der Waals surface area contributed by atoms with Crippen LogP contribution in [-0.2, 0) is 6.42 Å². The molecular weight excluding hydrogens is 318 g/mol. The number of hydrogen-bond acceptors (Lipinski definition) is 3. The lowest BCUT2D eigenvalue weighted by molar-refractivity contribution is 0.325. The zero-order chi connectivity index (χ0) is 15.1. The number of nitrogens with zero attached hydrogens (tertiary/aromatic N) is 3. The van der Waals surface area contributed by atoms with Crippen LogP contribution in [0.25, 0.3) is 11.4 Å². The van der Waals surface area contributed by atoms with Gasteiger partial charge in [0, 0.05) is 11.4 Å². The number of aromatic nitrogens is 3. The van der Waals surface area contributed by atoms with Crippen molar-refractivity contribution < 1.29 is 4.74 Å². The van der Waals surface area contributed by atoms with Gasteiger partial charge in [-0.05, 0) is 48.6 Å². The Morgan fingerprint density at radius 3 is 2.64 bits per heavy atom. The van der Waals surface area contributed by atoms with Crippen molar-refractivity contribution in [2.45, 2.75) is 6.42 Å². The molecule has 0 amide bonds. The minimum atomic E-state index is 0.522. The third-order valence-corrected chi connectivity index (χ3v) is 4.11. The summed E-state index contributed by atoms with van der Waals surface area (Å²) in [6, 6.07) is 15.5. The van der Waals surface area contributed by atoms with Crippen molar-refractivity contribution in [1.29, 1.82) is 0 Å². The van der Waals surface area contributed by atoms with E-state index < -0.39 is 0 Å². The van der Waals surface area contributed by atoms with Crippen LogP contribution in [0.1, 0.15) is 5.82 Å². The maximum atomic E-state index is 5.99. The highest BCUT2D eigenvalue weighted by molar-refractivity contribution is 7.71. The zero-order valence-electron chi connectivity index (χ0n) is 11.6. The second kappa shape index (κ2) is 5.26. The molecule has 0 saturated carbocycles. The number of ether oxygens (including phenoxy) is 1. The molecule has 1 aliphatic rings. The van der Waals surface area contributed by atoms with Gasteiger partial charge in [0.2, 0.25) is 4.77 Å². The average molecular weight is 330 g/mol. The van der Waals surface area contributed by atoms with Gasteiger partial charge in [0.15, 0.2) is 0 Å². The Bertz CT molecular complexity index is 898. The predicted octanol–water partition coefficient (Wildman–Crippen LogP) is 3.98. The molecule has 6 heteroatoms. The lowest BCUT2D eigenvalue weighted by atomic mass is 10.3. The van der Waals surface area contributed by atoms with Gasteiger partial charge in [-0.25, -0.2) is 14.3 Å². The minimum absolute atomic E-state index is 0.522. The molecule has 0 fully saturated rings. The van der Waals surface area contributed by atoms with Crippen LogP contribution < -0.4 is 4.74 Å². The summed E-state index contributed by atoms with van der Waals surface area (Å²) in [5.41, 5.74) is 1.86. The first kappa shape index (κ1) is 13.5. The summed E-state index contributed by atoms with van der Waals surface area (Å²) in [4.78, 5) is 4.54. The van der Waals surface area contributed by atoms with Gasteiger partial charge >= 0.3 is 0 Å². The Morgan fingerprint density at radius 2 is 1.82 bits per heavy atom. The molecule has 2 heterocycles. The van der Waals surface area contributed by atoms with Crippen molar-refractivity contribution in [1.82, 2.24) is 14.3 Å². The predicted molar refractivity (Wildman–Crippen MR) is 87.9 cm³/mol. The average Bonchev–Trinajstić information content (AvgIpc) is 2.74. The van der Waals surface area contributed by atoms with Crippen LogP contribution in [0.3, 0.4) is 0 Å². The SMILES string of the molecule is S=c1nc2n(n1-c1ccc(Cl)cc1)-c1ccccc1OCC2. The molecule has 1 aromatic heterocycles. The lowest BCUT2D eigenvalue weighted by Crippen LogP contribution is -2.11. The highest BCUT2D eigenvalue weighted by atomic mass is 35.5. The first-order chi connectivity index (χ1) is 10.7. The largest absolute Gasteiger partial charge is 0.491 e. The summed E-state index contributed by atoms with van der Waals surface area (Å²) < 4.78 is 10.3. The quantitative estimate of drug-likeness (QED) is 0.633. The number of fused-ring (bicyclic) bond motifs is 3. The monoisotopic (exact) mass is 329 g/mol. The molecule has 4 nitrogen and oxygen atoms in total. The second-order valence-electron chi connectivity index (χ2n) is 4.98. The van der Waals surface area contributed by atoms with E-state index in [1.165, 1.54) is 0 Å². The smallest absolute Gasteiger partial charge is 0.221 e. The molecular formula is C16H12ClN3OS. The third-order valence-electron chi connectivity index (χ3n) is 3.60. The van der Waals surface area contributed by atoms with E-state index in [1.807, 2.05) is 57.9 Å². The standard InChI is InChI=1S/C16H12ClN3OS/c17-11-5-7-12(8-6-11)19-16(22)18-15-9-10-21-14-4-2-1-3-13(14)20(15)19/h1-8H,9-10H2. The van der Waals surface area contributed by atoms with E-state index in [4.69, 9.17) is 28.6 Å². The molecule has 0 unspecified atom stereocenters. The van der Waals surface area contributed by atoms with E-state index in [2.05, 4.69) is 4.98 Å². The van der Waals surface area contributed by atoms with Crippen molar-refractivity contribution in [3.63, 3.8) is 0 Å². The van der Waals surface area contributed by atoms with Gasteiger partial charge in [-0.2, -0.15) is 0 Å². The molecule has 0 bridgehead atoms. The van der Waals surface area contributed by atoms with Gasteiger partial charge in [-0.3, -0.25) is 0 Å². The fourth-order valence-electron chi connectivity index (χ4n) is 2.63. The summed E-state index contributed by atoms with van der Waals surface area (Å²) in [6.45, 7) is 0.587. The van der Waals surface area contributed by atoms with E-state index in [0.717, 1.165) is 22.9 Å². The molecule has 0 aliphatic carbocycles. The lowest BCUT2D eigenvalue weighted by Gasteiger charge is -2.14. The summed E-state index contributed by atoms with van der Waals surface area (Å²) in [6.07, 6.45) is 0.707. The fourth-order valence-corrected chi connectivity index (χ4v) is 3.05. The van der Waals surface area contributed by atoms with Crippen LogP contribution >= 0.6 is 23.8 Å². The van der Waals surface area contributed by atoms with E-state index in [0.29, 0.717) is 22.8 Å². The van der Waals surface area contributed by atoms with Gasteiger partial charge in [-0.15, -0.1) is 0 Å². The van der Waals surface area contributed by atoms with Crippen molar-refractivity contribution >= 4 is 23.8 Å². The fraction of sp³-hybridized carbons (Fsp3) is 0.125. The van der Waals surface area contributed by atoms with Crippen LogP contribution in [0.4, 0.5) is 0 Å². The van der Waals surface area contributed by atoms with Crippen molar-refractivity contribution in [2.24, 2.45) is 0 Å². The van der Waals surface area contributed by atoms with Gasteiger partial charge in [0.1, 0.15) is 17.3 Å². The van der Waals surface area contributed by atoms with Gasteiger partial charge in [0.25, 0.3) is 0 Å². The molecule has 0 saturated heterocycles. The Labute approximate surface area is 137 Å². The van der Waals surface area contributed by atoms with Gasteiger partial charge < -0.3 is 4.74 Å². The Balaban J connectivity index is 2.02. The summed E-state index contributed by atoms with van der Waals surface area (Å²) in [5.74, 6) is 1.72. The normalized spacial score (nSPS) is 13.0. The number of para-hydroxylation sites is 2. The van der Waals surface area contributed by atoms with Crippen molar-refractivity contribution in [3.8, 4) is 17.1 Å². The highest BCUT2D eigenvalue weighted by Crippen LogP contribution is 2.28. The molecule has 3 aromatic rings. The summed E-state index contributed by atoms with van der Waals surface area (Å²) in [7, 11) is 0. The minimum Gasteiger partial charge on any atom is -0.491 e. The molecule has 0 N–H and O–H groups in total. The third kappa shape index (κ3) is 2.14.